The zero-order valence-corrected chi connectivity index (χ0v) is 10.9. The molecule has 3 heteroatoms. The summed E-state index contributed by atoms with van der Waals surface area (Å²) in [5.41, 5.74) is -0.124. The van der Waals surface area contributed by atoms with Gasteiger partial charge in [0.25, 0.3) is 0 Å². The van der Waals surface area contributed by atoms with Crippen molar-refractivity contribution in [1.29, 1.82) is 0 Å². The minimum Gasteiger partial charge on any atom is -0.385 e. The van der Waals surface area contributed by atoms with E-state index in [0.29, 0.717) is 16.0 Å². The monoisotopic (exact) mass is 258 g/mol. The molecule has 1 N–H and O–H groups in total. The van der Waals surface area contributed by atoms with E-state index in [-0.39, 0.29) is 0 Å². The molecular formula is C13H16Cl2O. The third kappa shape index (κ3) is 2.53. The number of hydrogen-bond donors (Lipinski definition) is 1. The molecule has 0 aliphatic heterocycles. The molecule has 0 radical (unpaired) electrons. The molecule has 16 heavy (non-hydrogen) atoms. The van der Waals surface area contributed by atoms with Gasteiger partial charge in [-0.2, -0.15) is 0 Å². The van der Waals surface area contributed by atoms with Gasteiger partial charge in [0, 0.05) is 15.6 Å². The van der Waals surface area contributed by atoms with Crippen molar-refractivity contribution in [2.24, 2.45) is 5.92 Å². The Morgan fingerprint density at radius 1 is 1.38 bits per heavy atom. The molecule has 1 aliphatic carbocycles. The van der Waals surface area contributed by atoms with Crippen molar-refractivity contribution in [3.63, 3.8) is 0 Å². The first-order valence-corrected chi connectivity index (χ1v) is 6.42. The van der Waals surface area contributed by atoms with Crippen LogP contribution in [0.15, 0.2) is 18.2 Å². The van der Waals surface area contributed by atoms with E-state index < -0.39 is 5.60 Å². The molecule has 0 bridgehead atoms. The highest BCUT2D eigenvalue weighted by atomic mass is 35.5. The van der Waals surface area contributed by atoms with Gasteiger partial charge in [-0.05, 0) is 37.5 Å². The van der Waals surface area contributed by atoms with Crippen molar-refractivity contribution in [3.8, 4) is 0 Å². The van der Waals surface area contributed by atoms with Gasteiger partial charge in [0.2, 0.25) is 0 Å². The van der Waals surface area contributed by atoms with Gasteiger partial charge in [0.1, 0.15) is 0 Å². The average molecular weight is 259 g/mol. The summed E-state index contributed by atoms with van der Waals surface area (Å²) in [6, 6.07) is 5.25. The quantitative estimate of drug-likeness (QED) is 0.853. The van der Waals surface area contributed by atoms with Crippen LogP contribution in [0.5, 0.6) is 0 Å². The van der Waals surface area contributed by atoms with Crippen LogP contribution < -0.4 is 0 Å². The van der Waals surface area contributed by atoms with E-state index >= 15 is 0 Å². The summed E-state index contributed by atoms with van der Waals surface area (Å²) >= 11 is 12.0. The molecule has 1 aromatic carbocycles. The van der Waals surface area contributed by atoms with Gasteiger partial charge >= 0.3 is 0 Å². The molecule has 0 heterocycles. The molecule has 88 valence electrons. The van der Waals surface area contributed by atoms with Gasteiger partial charge in [0.15, 0.2) is 0 Å². The summed E-state index contributed by atoms with van der Waals surface area (Å²) in [5.74, 6) is 0.630. The zero-order valence-electron chi connectivity index (χ0n) is 9.34. The minimum absolute atomic E-state index is 0.591. The maximum Gasteiger partial charge on any atom is 0.0886 e. The summed E-state index contributed by atoms with van der Waals surface area (Å²) < 4.78 is 0. The van der Waals surface area contributed by atoms with E-state index in [4.69, 9.17) is 23.2 Å². The van der Waals surface area contributed by atoms with Crippen LogP contribution in [0.1, 0.15) is 38.2 Å². The van der Waals surface area contributed by atoms with Crippen LogP contribution in [-0.4, -0.2) is 5.11 Å². The number of hydrogen-bond acceptors (Lipinski definition) is 1. The number of halogens is 2. The maximum atomic E-state index is 10.5. The number of benzene rings is 1. The SMILES string of the molecule is CC(O)(CC1CCC1)c1cc(Cl)ccc1Cl. The molecular weight excluding hydrogens is 243 g/mol. The van der Waals surface area contributed by atoms with E-state index in [1.54, 1.807) is 18.2 Å². The molecule has 0 saturated heterocycles. The first-order valence-electron chi connectivity index (χ1n) is 5.67. The molecule has 2 rings (SSSR count). The molecule has 1 nitrogen and oxygen atoms in total. The Balaban J connectivity index is 2.22. The highest BCUT2D eigenvalue weighted by Gasteiger charge is 2.32. The molecule has 1 aliphatic rings. The van der Waals surface area contributed by atoms with Crippen LogP contribution in [0.2, 0.25) is 10.0 Å². The predicted octanol–water partition coefficient (Wildman–Crippen LogP) is 4.39. The molecule has 1 aromatic rings. The van der Waals surface area contributed by atoms with E-state index in [9.17, 15) is 5.11 Å². The summed E-state index contributed by atoms with van der Waals surface area (Å²) in [4.78, 5) is 0. The van der Waals surface area contributed by atoms with E-state index in [0.717, 1.165) is 12.0 Å². The minimum atomic E-state index is -0.868. The molecule has 1 atom stereocenters. The van der Waals surface area contributed by atoms with Gasteiger partial charge in [-0.25, -0.2) is 0 Å². The second-order valence-electron chi connectivity index (χ2n) is 4.90. The maximum absolute atomic E-state index is 10.5. The van der Waals surface area contributed by atoms with Gasteiger partial charge in [-0.15, -0.1) is 0 Å². The normalized spacial score (nSPS) is 20.2. The van der Waals surface area contributed by atoms with E-state index in [2.05, 4.69) is 0 Å². The van der Waals surface area contributed by atoms with Crippen LogP contribution in [-0.2, 0) is 5.60 Å². The third-order valence-corrected chi connectivity index (χ3v) is 3.98. The van der Waals surface area contributed by atoms with Crippen LogP contribution in [0.3, 0.4) is 0 Å². The summed E-state index contributed by atoms with van der Waals surface area (Å²) in [7, 11) is 0. The molecule has 1 saturated carbocycles. The van der Waals surface area contributed by atoms with Gasteiger partial charge in [0.05, 0.1) is 5.60 Å². The zero-order chi connectivity index (χ0) is 11.8. The molecule has 1 unspecified atom stereocenters. The number of rotatable bonds is 3. The topological polar surface area (TPSA) is 20.2 Å². The summed E-state index contributed by atoms with van der Waals surface area (Å²) in [6.07, 6.45) is 4.49. The Hall–Kier alpha value is -0.240. The molecule has 0 spiro atoms. The summed E-state index contributed by atoms with van der Waals surface area (Å²) in [6.45, 7) is 1.82. The van der Waals surface area contributed by atoms with Crippen molar-refractivity contribution in [3.05, 3.63) is 33.8 Å². The van der Waals surface area contributed by atoms with Gasteiger partial charge in [-0.1, -0.05) is 42.5 Å². The predicted molar refractivity (Wildman–Crippen MR) is 68.0 cm³/mol. The lowest BCUT2D eigenvalue weighted by Crippen LogP contribution is -2.28. The van der Waals surface area contributed by atoms with Gasteiger partial charge in [-0.3, -0.25) is 0 Å². The van der Waals surface area contributed by atoms with Crippen LogP contribution in [0.4, 0.5) is 0 Å². The molecule has 0 amide bonds. The van der Waals surface area contributed by atoms with Crippen molar-refractivity contribution < 1.29 is 5.11 Å². The standard InChI is InChI=1S/C13H16Cl2O/c1-13(16,8-9-3-2-4-9)11-7-10(14)5-6-12(11)15/h5-7,9,16H,2-4,8H2,1H3. The van der Waals surface area contributed by atoms with E-state index in [1.165, 1.54) is 19.3 Å². The molecule has 0 aromatic heterocycles. The Kier molecular flexibility index (Phi) is 3.48. The highest BCUT2D eigenvalue weighted by molar-refractivity contribution is 6.33. The van der Waals surface area contributed by atoms with Crippen molar-refractivity contribution >= 4 is 23.2 Å². The fourth-order valence-electron chi connectivity index (χ4n) is 2.28. The second kappa shape index (κ2) is 4.56. The lowest BCUT2D eigenvalue weighted by atomic mass is 9.76. The fraction of sp³-hybridized carbons (Fsp3) is 0.538. The van der Waals surface area contributed by atoms with Crippen molar-refractivity contribution in [2.75, 3.05) is 0 Å². The second-order valence-corrected chi connectivity index (χ2v) is 5.74. The Morgan fingerprint density at radius 2 is 2.06 bits per heavy atom. The van der Waals surface area contributed by atoms with Gasteiger partial charge < -0.3 is 5.11 Å². The fourth-order valence-corrected chi connectivity index (χ4v) is 2.77. The van der Waals surface area contributed by atoms with E-state index in [1.807, 2.05) is 6.92 Å². The Labute approximate surface area is 106 Å². The Morgan fingerprint density at radius 3 is 2.62 bits per heavy atom. The van der Waals surface area contributed by atoms with Crippen molar-refractivity contribution in [2.45, 2.75) is 38.2 Å². The first kappa shape index (κ1) is 12.2. The van der Waals surface area contributed by atoms with Crippen LogP contribution in [0.25, 0.3) is 0 Å². The third-order valence-electron chi connectivity index (χ3n) is 3.42. The molecule has 1 fully saturated rings. The largest absolute Gasteiger partial charge is 0.385 e. The lowest BCUT2D eigenvalue weighted by molar-refractivity contribution is 0.0162. The van der Waals surface area contributed by atoms with Crippen LogP contribution >= 0.6 is 23.2 Å². The lowest BCUT2D eigenvalue weighted by Gasteiger charge is -2.34. The highest BCUT2D eigenvalue weighted by Crippen LogP contribution is 2.40. The average Bonchev–Trinajstić information content (AvgIpc) is 2.16. The smallest absolute Gasteiger partial charge is 0.0886 e. The Bertz CT molecular complexity index is 384. The van der Waals surface area contributed by atoms with Crippen LogP contribution in [0, 0.1) is 5.92 Å². The van der Waals surface area contributed by atoms with Crippen molar-refractivity contribution in [1.82, 2.24) is 0 Å². The number of aliphatic hydroxyl groups is 1. The first-order chi connectivity index (χ1) is 7.49. The summed E-state index contributed by atoms with van der Waals surface area (Å²) in [5, 5.41) is 11.7.